The van der Waals surface area contributed by atoms with Crippen LogP contribution in [0.15, 0.2) is 48.5 Å². The lowest BCUT2D eigenvalue weighted by Gasteiger charge is -2.17. The summed E-state index contributed by atoms with van der Waals surface area (Å²) in [7, 11) is 0. The molecule has 0 bridgehead atoms. The Morgan fingerprint density at radius 2 is 1.28 bits per heavy atom. The van der Waals surface area contributed by atoms with Crippen LogP contribution in [0.4, 0.5) is 0 Å². The first kappa shape index (κ1) is 19.2. The molecule has 0 spiro atoms. The molecule has 0 aliphatic heterocycles. The van der Waals surface area contributed by atoms with Gasteiger partial charge in [0.1, 0.15) is 5.75 Å². The van der Waals surface area contributed by atoms with Gasteiger partial charge in [0.2, 0.25) is 5.75 Å². The molecule has 0 aliphatic carbocycles. The fourth-order valence-electron chi connectivity index (χ4n) is 2.25. The van der Waals surface area contributed by atoms with Crippen molar-refractivity contribution in [3.63, 3.8) is 0 Å². The molecule has 136 valence electrons. The van der Waals surface area contributed by atoms with Crippen LogP contribution in [0, 0.1) is 11.8 Å². The zero-order valence-corrected chi connectivity index (χ0v) is 15.8. The highest BCUT2D eigenvalue weighted by molar-refractivity contribution is 5.52. The molecule has 25 heavy (non-hydrogen) atoms. The Morgan fingerprint density at radius 1 is 0.680 bits per heavy atom. The van der Waals surface area contributed by atoms with E-state index in [1.54, 1.807) is 0 Å². The van der Waals surface area contributed by atoms with Crippen molar-refractivity contribution >= 4 is 0 Å². The molecule has 0 fully saturated rings. The predicted octanol–water partition coefficient (Wildman–Crippen LogP) is 6.33. The van der Waals surface area contributed by atoms with Crippen LogP contribution in [-0.4, -0.2) is 13.2 Å². The zero-order chi connectivity index (χ0) is 18.1. The summed E-state index contributed by atoms with van der Waals surface area (Å²) in [6.07, 6.45) is 2.00. The molecular weight excluding hydrogens is 312 g/mol. The summed E-state index contributed by atoms with van der Waals surface area (Å²) in [6, 6.07) is 15.6. The van der Waals surface area contributed by atoms with Gasteiger partial charge in [0.25, 0.3) is 0 Å². The van der Waals surface area contributed by atoms with Gasteiger partial charge in [0.05, 0.1) is 13.2 Å². The number of rotatable bonds is 10. The predicted molar refractivity (Wildman–Crippen MR) is 103 cm³/mol. The summed E-state index contributed by atoms with van der Waals surface area (Å²) in [4.78, 5) is 0. The lowest BCUT2D eigenvalue weighted by atomic mass is 10.1. The standard InChI is InChI=1S/C22H30O3/c1-17(2)13-15-23-20-11-8-12-21(22(20)24-16-14-18(3)4)25-19-9-6-5-7-10-19/h5-12,17-18H,13-16H2,1-4H3. The molecule has 0 saturated carbocycles. The Morgan fingerprint density at radius 3 is 1.92 bits per heavy atom. The van der Waals surface area contributed by atoms with Gasteiger partial charge in [-0.15, -0.1) is 0 Å². The van der Waals surface area contributed by atoms with Crippen LogP contribution < -0.4 is 14.2 Å². The van der Waals surface area contributed by atoms with Crippen LogP contribution in [0.25, 0.3) is 0 Å². The Hall–Kier alpha value is -2.16. The Kier molecular flexibility index (Phi) is 7.65. The second-order valence-corrected chi connectivity index (χ2v) is 7.06. The molecule has 0 atom stereocenters. The molecule has 0 amide bonds. The van der Waals surface area contributed by atoms with Crippen LogP contribution >= 0.6 is 0 Å². The first-order chi connectivity index (χ1) is 12.1. The molecule has 0 heterocycles. The highest BCUT2D eigenvalue weighted by Crippen LogP contribution is 2.40. The first-order valence-electron chi connectivity index (χ1n) is 9.17. The number of benzene rings is 2. The molecule has 0 aromatic heterocycles. The molecular formula is C22H30O3. The van der Waals surface area contributed by atoms with Gasteiger partial charge in [-0.25, -0.2) is 0 Å². The number of ether oxygens (including phenoxy) is 3. The van der Waals surface area contributed by atoms with E-state index in [0.29, 0.717) is 36.5 Å². The maximum absolute atomic E-state index is 6.06. The van der Waals surface area contributed by atoms with Crippen molar-refractivity contribution in [1.29, 1.82) is 0 Å². The molecule has 0 unspecified atom stereocenters. The maximum Gasteiger partial charge on any atom is 0.204 e. The lowest BCUT2D eigenvalue weighted by molar-refractivity contribution is 0.239. The largest absolute Gasteiger partial charge is 0.490 e. The number of hydrogen-bond acceptors (Lipinski definition) is 3. The van der Waals surface area contributed by atoms with Gasteiger partial charge in [-0.3, -0.25) is 0 Å². The summed E-state index contributed by atoms with van der Waals surface area (Å²) in [6.45, 7) is 10.1. The van der Waals surface area contributed by atoms with Crippen molar-refractivity contribution in [2.45, 2.75) is 40.5 Å². The van der Waals surface area contributed by atoms with Crippen molar-refractivity contribution in [2.75, 3.05) is 13.2 Å². The molecule has 0 aliphatic rings. The average Bonchev–Trinajstić information content (AvgIpc) is 2.57. The van der Waals surface area contributed by atoms with E-state index in [9.17, 15) is 0 Å². The molecule has 0 N–H and O–H groups in total. The van der Waals surface area contributed by atoms with E-state index in [-0.39, 0.29) is 0 Å². The SMILES string of the molecule is CC(C)CCOc1cccc(Oc2ccccc2)c1OCCC(C)C. The van der Waals surface area contributed by atoms with Gasteiger partial charge in [-0.05, 0) is 48.9 Å². The van der Waals surface area contributed by atoms with Crippen LogP contribution in [0.5, 0.6) is 23.0 Å². The van der Waals surface area contributed by atoms with Gasteiger partial charge in [-0.1, -0.05) is 52.0 Å². The lowest BCUT2D eigenvalue weighted by Crippen LogP contribution is -2.06. The summed E-state index contributed by atoms with van der Waals surface area (Å²) in [5, 5.41) is 0. The highest BCUT2D eigenvalue weighted by Gasteiger charge is 2.14. The number of hydrogen-bond donors (Lipinski definition) is 0. The van der Waals surface area contributed by atoms with Crippen molar-refractivity contribution < 1.29 is 14.2 Å². The maximum atomic E-state index is 6.06. The van der Waals surface area contributed by atoms with Crippen molar-refractivity contribution in [2.24, 2.45) is 11.8 Å². The van der Waals surface area contributed by atoms with Crippen molar-refractivity contribution in [3.05, 3.63) is 48.5 Å². The van der Waals surface area contributed by atoms with E-state index in [1.165, 1.54) is 0 Å². The van der Waals surface area contributed by atoms with E-state index in [1.807, 2.05) is 48.5 Å². The van der Waals surface area contributed by atoms with E-state index < -0.39 is 0 Å². The third kappa shape index (κ3) is 6.69. The van der Waals surface area contributed by atoms with Gasteiger partial charge < -0.3 is 14.2 Å². The fraction of sp³-hybridized carbons (Fsp3) is 0.455. The van der Waals surface area contributed by atoms with E-state index >= 15 is 0 Å². The van der Waals surface area contributed by atoms with Crippen LogP contribution in [-0.2, 0) is 0 Å². The molecule has 0 saturated heterocycles. The Bertz CT molecular complexity index is 620. The smallest absolute Gasteiger partial charge is 0.204 e. The zero-order valence-electron chi connectivity index (χ0n) is 15.8. The van der Waals surface area contributed by atoms with Gasteiger partial charge >= 0.3 is 0 Å². The summed E-state index contributed by atoms with van der Waals surface area (Å²) >= 11 is 0. The Balaban J connectivity index is 2.17. The molecule has 2 rings (SSSR count). The molecule has 2 aromatic rings. The Labute approximate surface area is 151 Å². The minimum atomic E-state index is 0.590. The highest BCUT2D eigenvalue weighted by atomic mass is 16.5. The van der Waals surface area contributed by atoms with E-state index in [0.717, 1.165) is 24.3 Å². The second-order valence-electron chi connectivity index (χ2n) is 7.06. The third-order valence-corrected chi connectivity index (χ3v) is 3.81. The number of para-hydroxylation sites is 2. The minimum absolute atomic E-state index is 0.590. The molecule has 3 nitrogen and oxygen atoms in total. The second kappa shape index (κ2) is 9.97. The van der Waals surface area contributed by atoms with Crippen molar-refractivity contribution in [1.82, 2.24) is 0 Å². The molecule has 3 heteroatoms. The summed E-state index contributed by atoms with van der Waals surface area (Å²) in [5.41, 5.74) is 0. The summed E-state index contributed by atoms with van der Waals surface area (Å²) < 4.78 is 18.1. The van der Waals surface area contributed by atoms with Gasteiger partial charge in [0.15, 0.2) is 11.5 Å². The van der Waals surface area contributed by atoms with Gasteiger partial charge in [0, 0.05) is 0 Å². The van der Waals surface area contributed by atoms with Crippen molar-refractivity contribution in [3.8, 4) is 23.0 Å². The molecule has 0 radical (unpaired) electrons. The average molecular weight is 342 g/mol. The third-order valence-electron chi connectivity index (χ3n) is 3.81. The van der Waals surface area contributed by atoms with Crippen LogP contribution in [0.3, 0.4) is 0 Å². The van der Waals surface area contributed by atoms with Gasteiger partial charge in [-0.2, -0.15) is 0 Å². The summed E-state index contributed by atoms with van der Waals surface area (Å²) in [5.74, 6) is 4.11. The fourth-order valence-corrected chi connectivity index (χ4v) is 2.25. The first-order valence-corrected chi connectivity index (χ1v) is 9.17. The normalized spacial score (nSPS) is 11.0. The monoisotopic (exact) mass is 342 g/mol. The quantitative estimate of drug-likeness (QED) is 0.505. The van der Waals surface area contributed by atoms with E-state index in [4.69, 9.17) is 14.2 Å². The van der Waals surface area contributed by atoms with Crippen LogP contribution in [0.2, 0.25) is 0 Å². The van der Waals surface area contributed by atoms with E-state index in [2.05, 4.69) is 27.7 Å². The van der Waals surface area contributed by atoms with Crippen LogP contribution in [0.1, 0.15) is 40.5 Å². The molecule has 2 aromatic carbocycles. The topological polar surface area (TPSA) is 27.7 Å². The minimum Gasteiger partial charge on any atom is -0.490 e.